The fraction of sp³-hybridized carbons (Fsp3) is 0.179. The lowest BCUT2D eigenvalue weighted by Gasteiger charge is -2.10. The summed E-state index contributed by atoms with van der Waals surface area (Å²) in [6, 6.07) is 20.7. The van der Waals surface area contributed by atoms with Gasteiger partial charge >= 0.3 is 0 Å². The molecule has 4 rings (SSSR count). The topological polar surface area (TPSA) is 94.0 Å². The third kappa shape index (κ3) is 4.34. The highest BCUT2D eigenvalue weighted by Gasteiger charge is 2.20. The minimum absolute atomic E-state index is 0.0982. The summed E-state index contributed by atoms with van der Waals surface area (Å²) in [6.45, 7) is 5.63. The average molecular weight is 482 g/mol. The van der Waals surface area contributed by atoms with E-state index in [0.717, 1.165) is 28.4 Å². The second kappa shape index (κ2) is 9.84. The first-order valence-electron chi connectivity index (χ1n) is 11.4. The summed E-state index contributed by atoms with van der Waals surface area (Å²) in [5.74, 6) is 0.116. The van der Waals surface area contributed by atoms with Crippen LogP contribution in [0.1, 0.15) is 22.6 Å². The van der Waals surface area contributed by atoms with E-state index in [1.54, 1.807) is 31.8 Å². The number of hydrogen-bond acceptors (Lipinski definition) is 4. The maximum atomic E-state index is 13.1. The number of aryl methyl sites for hydroxylation is 1. The Morgan fingerprint density at radius 2 is 1.67 bits per heavy atom. The number of amides is 1. The first-order chi connectivity index (χ1) is 17.3. The molecule has 0 saturated heterocycles. The van der Waals surface area contributed by atoms with Crippen LogP contribution in [0, 0.1) is 32.1 Å². The van der Waals surface area contributed by atoms with Gasteiger partial charge in [-0.3, -0.25) is 14.3 Å². The van der Waals surface area contributed by atoms with Gasteiger partial charge in [-0.2, -0.15) is 5.26 Å². The number of hydrogen-bond donors (Lipinski definition) is 1. The summed E-state index contributed by atoms with van der Waals surface area (Å²) in [7, 11) is 3.36. The lowest BCUT2D eigenvalue weighted by Crippen LogP contribution is -2.23. The van der Waals surface area contributed by atoms with Gasteiger partial charge in [0, 0.05) is 24.1 Å². The van der Waals surface area contributed by atoms with E-state index >= 15 is 0 Å². The maximum absolute atomic E-state index is 13.1. The van der Waals surface area contributed by atoms with Crippen LogP contribution in [0.15, 0.2) is 71.0 Å². The molecule has 1 amide bonds. The van der Waals surface area contributed by atoms with Gasteiger partial charge in [0.2, 0.25) is 0 Å². The molecule has 2 aromatic carbocycles. The van der Waals surface area contributed by atoms with E-state index in [9.17, 15) is 14.9 Å². The van der Waals surface area contributed by atoms with Crippen LogP contribution in [0.5, 0.6) is 5.75 Å². The van der Waals surface area contributed by atoms with Crippen molar-refractivity contribution in [2.24, 2.45) is 7.05 Å². The summed E-state index contributed by atoms with van der Waals surface area (Å²) in [4.78, 5) is 26.2. The predicted molar refractivity (Wildman–Crippen MR) is 140 cm³/mol. The van der Waals surface area contributed by atoms with Gasteiger partial charge in [0.1, 0.15) is 23.1 Å². The zero-order valence-electron chi connectivity index (χ0n) is 20.9. The van der Waals surface area contributed by atoms with Crippen molar-refractivity contribution in [3.8, 4) is 23.2 Å². The second-order valence-electron chi connectivity index (χ2n) is 8.42. The van der Waals surface area contributed by atoms with E-state index in [1.165, 1.54) is 4.68 Å². The third-order valence-electron chi connectivity index (χ3n) is 6.26. The van der Waals surface area contributed by atoms with Gasteiger partial charge in [-0.1, -0.05) is 18.2 Å². The molecule has 8 heteroatoms. The first-order valence-corrected chi connectivity index (χ1v) is 11.4. The summed E-state index contributed by atoms with van der Waals surface area (Å²) in [5.41, 5.74) is 4.42. The molecular formula is C28H27N5O3. The Hall–Kier alpha value is -4.77. The number of nitriles is 1. The Bertz CT molecular complexity index is 1560. The molecule has 0 aliphatic carbocycles. The highest BCUT2D eigenvalue weighted by atomic mass is 16.5. The van der Waals surface area contributed by atoms with Crippen LogP contribution in [0.4, 0.5) is 5.69 Å². The normalized spacial score (nSPS) is 11.3. The van der Waals surface area contributed by atoms with E-state index in [-0.39, 0.29) is 16.8 Å². The number of carbonyl (C=O) groups is 1. The molecule has 0 atom stereocenters. The Kier molecular flexibility index (Phi) is 6.66. The molecule has 2 aromatic heterocycles. The van der Waals surface area contributed by atoms with E-state index in [1.807, 2.05) is 85.1 Å². The Morgan fingerprint density at radius 3 is 2.28 bits per heavy atom. The molecule has 0 radical (unpaired) electrons. The number of nitrogens with one attached hydrogen (secondary N) is 1. The van der Waals surface area contributed by atoms with E-state index in [0.29, 0.717) is 11.4 Å². The fourth-order valence-electron chi connectivity index (χ4n) is 4.26. The van der Waals surface area contributed by atoms with Crippen LogP contribution < -0.4 is 15.6 Å². The second-order valence-corrected chi connectivity index (χ2v) is 8.42. The van der Waals surface area contributed by atoms with Gasteiger partial charge in [-0.25, -0.2) is 4.68 Å². The molecule has 1 N–H and O–H groups in total. The van der Waals surface area contributed by atoms with Crippen LogP contribution in [0.3, 0.4) is 0 Å². The molecule has 0 aliphatic heterocycles. The lowest BCUT2D eigenvalue weighted by molar-refractivity contribution is -0.112. The van der Waals surface area contributed by atoms with Crippen molar-refractivity contribution in [3.05, 3.63) is 99.2 Å². The van der Waals surface area contributed by atoms with Crippen LogP contribution in [-0.2, 0) is 11.8 Å². The Balaban J connectivity index is 1.67. The summed E-state index contributed by atoms with van der Waals surface area (Å²) < 4.78 is 10.4. The smallest absolute Gasteiger partial charge is 0.295 e. The molecule has 0 aliphatic rings. The lowest BCUT2D eigenvalue weighted by atomic mass is 10.1. The van der Waals surface area contributed by atoms with Crippen LogP contribution in [-0.4, -0.2) is 26.9 Å². The highest BCUT2D eigenvalue weighted by molar-refractivity contribution is 6.10. The monoisotopic (exact) mass is 481 g/mol. The molecular weight excluding hydrogens is 454 g/mol. The van der Waals surface area contributed by atoms with Crippen molar-refractivity contribution in [1.29, 1.82) is 5.26 Å². The van der Waals surface area contributed by atoms with Gasteiger partial charge in [-0.15, -0.1) is 0 Å². The van der Waals surface area contributed by atoms with Gasteiger partial charge < -0.3 is 14.6 Å². The molecule has 36 heavy (non-hydrogen) atoms. The number of benzene rings is 2. The minimum Gasteiger partial charge on any atom is -0.497 e. The van der Waals surface area contributed by atoms with Gasteiger partial charge in [0.25, 0.3) is 11.5 Å². The van der Waals surface area contributed by atoms with E-state index < -0.39 is 5.91 Å². The quantitative estimate of drug-likeness (QED) is 0.325. The molecule has 8 nitrogen and oxygen atoms in total. The van der Waals surface area contributed by atoms with Crippen molar-refractivity contribution in [2.75, 3.05) is 12.4 Å². The van der Waals surface area contributed by atoms with Crippen molar-refractivity contribution in [2.45, 2.75) is 20.8 Å². The zero-order valence-corrected chi connectivity index (χ0v) is 20.9. The van der Waals surface area contributed by atoms with Crippen LogP contribution in [0.2, 0.25) is 0 Å². The average Bonchev–Trinajstić information content (AvgIpc) is 3.28. The molecule has 0 spiro atoms. The van der Waals surface area contributed by atoms with Gasteiger partial charge in [0.15, 0.2) is 0 Å². The number of ether oxygens (including phenoxy) is 1. The van der Waals surface area contributed by atoms with Crippen molar-refractivity contribution in [1.82, 2.24) is 13.9 Å². The van der Waals surface area contributed by atoms with Crippen molar-refractivity contribution < 1.29 is 9.53 Å². The molecule has 4 aromatic rings. The van der Waals surface area contributed by atoms with E-state index in [2.05, 4.69) is 5.32 Å². The molecule has 0 saturated carbocycles. The number of methoxy groups -OCH3 is 1. The minimum atomic E-state index is -0.641. The van der Waals surface area contributed by atoms with Crippen LogP contribution >= 0.6 is 0 Å². The molecule has 182 valence electrons. The largest absolute Gasteiger partial charge is 0.497 e. The molecule has 0 bridgehead atoms. The number of nitrogens with zero attached hydrogens (tertiary/aromatic N) is 4. The number of carbonyl (C=O) groups excluding carboxylic acids is 1. The predicted octanol–water partition coefficient (Wildman–Crippen LogP) is 4.45. The van der Waals surface area contributed by atoms with Crippen molar-refractivity contribution in [3.63, 3.8) is 0 Å². The van der Waals surface area contributed by atoms with Gasteiger partial charge in [0.05, 0.1) is 18.5 Å². The molecule has 0 unspecified atom stereocenters. The number of rotatable bonds is 6. The summed E-state index contributed by atoms with van der Waals surface area (Å²) >= 11 is 0. The van der Waals surface area contributed by atoms with Crippen molar-refractivity contribution >= 4 is 17.7 Å². The fourth-order valence-corrected chi connectivity index (χ4v) is 4.26. The number of anilines is 1. The Labute approximate surface area is 209 Å². The molecule has 0 fully saturated rings. The summed E-state index contributed by atoms with van der Waals surface area (Å²) in [6.07, 6.45) is 1.55. The zero-order chi connectivity index (χ0) is 26.0. The number of aromatic nitrogens is 3. The molecule has 2 heterocycles. The third-order valence-corrected chi connectivity index (χ3v) is 6.26. The van der Waals surface area contributed by atoms with E-state index in [4.69, 9.17) is 4.74 Å². The number of para-hydroxylation sites is 1. The summed E-state index contributed by atoms with van der Waals surface area (Å²) in [5, 5.41) is 12.4. The SMILES string of the molecule is COc1ccc(-n2c(C)cc(/C=C(/C#N)C(=O)Nc3c(C)n(C)n(-c4ccccc4)c3=O)c2C)cc1. The van der Waals surface area contributed by atoms with Crippen LogP contribution in [0.25, 0.3) is 17.5 Å². The maximum Gasteiger partial charge on any atom is 0.295 e. The highest BCUT2D eigenvalue weighted by Crippen LogP contribution is 2.25. The standard InChI is InChI=1S/C28H27N5O3/c1-18-15-21(19(2)32(18)23-11-13-25(36-5)14-12-23)16-22(17-29)27(34)30-26-20(3)31(4)33(28(26)35)24-9-7-6-8-10-24/h6-16H,1-5H3,(H,30,34)/b22-16-. The first kappa shape index (κ1) is 24.4. The van der Waals surface area contributed by atoms with Gasteiger partial charge in [-0.05, 0) is 74.9 Å². The Morgan fingerprint density at radius 1 is 1.00 bits per heavy atom.